The molecule has 5 nitrogen and oxygen atoms in total. The summed E-state index contributed by atoms with van der Waals surface area (Å²) >= 11 is 0. The summed E-state index contributed by atoms with van der Waals surface area (Å²) in [6, 6.07) is 9.94. The van der Waals surface area contributed by atoms with Crippen LogP contribution in [0.4, 0.5) is 5.69 Å². The van der Waals surface area contributed by atoms with E-state index < -0.39 is 0 Å². The maximum absolute atomic E-state index is 9.40. The number of aliphatic hydroxyl groups is 1. The SMILES string of the molecule is COc1cccc(N2CCC(N3CCC[C@@H](N4CCC(CO)CC4)C3)CC2)c1. The second-order valence-electron chi connectivity index (χ2n) is 8.87. The Morgan fingerprint density at radius 3 is 2.43 bits per heavy atom. The predicted octanol–water partition coefficient (Wildman–Crippen LogP) is 2.83. The summed E-state index contributed by atoms with van der Waals surface area (Å²) in [5.74, 6) is 1.49. The van der Waals surface area contributed by atoms with Gasteiger partial charge in [0.2, 0.25) is 0 Å². The van der Waals surface area contributed by atoms with Crippen LogP contribution < -0.4 is 9.64 Å². The van der Waals surface area contributed by atoms with Crippen LogP contribution in [-0.4, -0.2) is 80.0 Å². The molecule has 3 fully saturated rings. The van der Waals surface area contributed by atoms with Gasteiger partial charge in [0.25, 0.3) is 0 Å². The lowest BCUT2D eigenvalue weighted by Crippen LogP contribution is -2.54. The molecule has 5 heteroatoms. The van der Waals surface area contributed by atoms with Gasteiger partial charge in [-0.25, -0.2) is 0 Å². The van der Waals surface area contributed by atoms with Gasteiger partial charge in [0.15, 0.2) is 0 Å². The summed E-state index contributed by atoms with van der Waals surface area (Å²) in [5, 5.41) is 9.40. The van der Waals surface area contributed by atoms with Crippen molar-refractivity contribution in [1.29, 1.82) is 0 Å². The second-order valence-corrected chi connectivity index (χ2v) is 8.87. The summed E-state index contributed by atoms with van der Waals surface area (Å²) < 4.78 is 5.39. The number of aliphatic hydroxyl groups excluding tert-OH is 1. The molecule has 4 rings (SSSR count). The minimum Gasteiger partial charge on any atom is -0.497 e. The van der Waals surface area contributed by atoms with Crippen molar-refractivity contribution in [2.24, 2.45) is 5.92 Å². The van der Waals surface area contributed by atoms with E-state index in [0.29, 0.717) is 12.5 Å². The van der Waals surface area contributed by atoms with Gasteiger partial charge in [0.1, 0.15) is 5.75 Å². The largest absolute Gasteiger partial charge is 0.497 e. The monoisotopic (exact) mass is 387 g/mol. The number of ether oxygens (including phenoxy) is 1. The number of rotatable bonds is 5. The molecule has 3 aliphatic heterocycles. The topological polar surface area (TPSA) is 39.2 Å². The van der Waals surface area contributed by atoms with Gasteiger partial charge in [0.05, 0.1) is 7.11 Å². The van der Waals surface area contributed by atoms with E-state index in [1.807, 2.05) is 6.07 Å². The molecule has 0 unspecified atom stereocenters. The average Bonchev–Trinajstić information content (AvgIpc) is 2.79. The first-order valence-electron chi connectivity index (χ1n) is 11.2. The highest BCUT2D eigenvalue weighted by molar-refractivity contribution is 5.51. The first kappa shape index (κ1) is 20.0. The minimum absolute atomic E-state index is 0.372. The van der Waals surface area contributed by atoms with Gasteiger partial charge >= 0.3 is 0 Å². The molecule has 1 aromatic rings. The van der Waals surface area contributed by atoms with E-state index in [1.54, 1.807) is 7.11 Å². The number of benzene rings is 1. The van der Waals surface area contributed by atoms with E-state index in [9.17, 15) is 5.11 Å². The number of likely N-dealkylation sites (tertiary alicyclic amines) is 2. The summed E-state index contributed by atoms with van der Waals surface area (Å²) in [5.41, 5.74) is 1.29. The van der Waals surface area contributed by atoms with Crippen LogP contribution in [-0.2, 0) is 0 Å². The minimum atomic E-state index is 0.372. The predicted molar refractivity (Wildman–Crippen MR) is 114 cm³/mol. The third-order valence-electron chi connectivity index (χ3n) is 7.25. The van der Waals surface area contributed by atoms with E-state index in [2.05, 4.69) is 32.9 Å². The molecule has 1 aromatic carbocycles. The Hall–Kier alpha value is -1.30. The molecule has 0 aliphatic carbocycles. The zero-order valence-electron chi connectivity index (χ0n) is 17.4. The Balaban J connectivity index is 1.28. The zero-order chi connectivity index (χ0) is 19.3. The number of piperidine rings is 3. The van der Waals surface area contributed by atoms with E-state index in [1.165, 1.54) is 70.4 Å². The molecule has 0 saturated carbocycles. The van der Waals surface area contributed by atoms with E-state index >= 15 is 0 Å². The summed E-state index contributed by atoms with van der Waals surface area (Å²) in [6.45, 7) is 7.52. The number of anilines is 1. The average molecular weight is 388 g/mol. The Bertz CT molecular complexity index is 610. The molecule has 156 valence electrons. The van der Waals surface area contributed by atoms with Gasteiger partial charge in [-0.3, -0.25) is 9.80 Å². The van der Waals surface area contributed by atoms with E-state index in [0.717, 1.165) is 30.9 Å². The van der Waals surface area contributed by atoms with Crippen LogP contribution in [0.1, 0.15) is 38.5 Å². The van der Waals surface area contributed by atoms with Crippen molar-refractivity contribution < 1.29 is 9.84 Å². The number of hydrogen-bond donors (Lipinski definition) is 1. The Morgan fingerprint density at radius 2 is 1.71 bits per heavy atom. The van der Waals surface area contributed by atoms with Gasteiger partial charge in [-0.05, 0) is 76.2 Å². The molecule has 3 heterocycles. The van der Waals surface area contributed by atoms with Crippen LogP contribution >= 0.6 is 0 Å². The van der Waals surface area contributed by atoms with Gasteiger partial charge in [-0.15, -0.1) is 0 Å². The van der Waals surface area contributed by atoms with Crippen LogP contribution in [0.3, 0.4) is 0 Å². The van der Waals surface area contributed by atoms with Crippen molar-refractivity contribution in [3.05, 3.63) is 24.3 Å². The third-order valence-corrected chi connectivity index (χ3v) is 7.25. The van der Waals surface area contributed by atoms with Crippen LogP contribution in [0.2, 0.25) is 0 Å². The van der Waals surface area contributed by atoms with Crippen molar-refractivity contribution in [2.75, 3.05) is 57.9 Å². The van der Waals surface area contributed by atoms with Crippen molar-refractivity contribution in [3.8, 4) is 5.75 Å². The fourth-order valence-corrected chi connectivity index (χ4v) is 5.41. The lowest BCUT2D eigenvalue weighted by molar-refractivity contribution is 0.0368. The summed E-state index contributed by atoms with van der Waals surface area (Å²) in [4.78, 5) is 8.01. The molecule has 3 aliphatic rings. The van der Waals surface area contributed by atoms with Crippen LogP contribution in [0.5, 0.6) is 5.75 Å². The Morgan fingerprint density at radius 1 is 0.929 bits per heavy atom. The lowest BCUT2D eigenvalue weighted by Gasteiger charge is -2.46. The smallest absolute Gasteiger partial charge is 0.120 e. The third kappa shape index (κ3) is 4.64. The van der Waals surface area contributed by atoms with Gasteiger partial charge < -0.3 is 14.7 Å². The number of nitrogens with zero attached hydrogens (tertiary/aromatic N) is 3. The molecule has 0 amide bonds. The van der Waals surface area contributed by atoms with Gasteiger partial charge in [0, 0.05) is 50.1 Å². The molecule has 1 N–H and O–H groups in total. The fourth-order valence-electron chi connectivity index (χ4n) is 5.41. The molecule has 0 bridgehead atoms. The van der Waals surface area contributed by atoms with Crippen molar-refractivity contribution >= 4 is 5.69 Å². The summed E-state index contributed by atoms with van der Waals surface area (Å²) in [6.07, 6.45) is 7.55. The normalized spacial score (nSPS) is 26.5. The quantitative estimate of drug-likeness (QED) is 0.841. The number of hydrogen-bond acceptors (Lipinski definition) is 5. The highest BCUT2D eigenvalue weighted by Crippen LogP contribution is 2.29. The molecule has 0 radical (unpaired) electrons. The Kier molecular flexibility index (Phi) is 6.76. The van der Waals surface area contributed by atoms with Crippen molar-refractivity contribution in [3.63, 3.8) is 0 Å². The first-order valence-corrected chi connectivity index (χ1v) is 11.2. The first-order chi connectivity index (χ1) is 13.8. The van der Waals surface area contributed by atoms with Crippen LogP contribution in [0.25, 0.3) is 0 Å². The van der Waals surface area contributed by atoms with Crippen LogP contribution in [0, 0.1) is 5.92 Å². The zero-order valence-corrected chi connectivity index (χ0v) is 17.4. The van der Waals surface area contributed by atoms with Crippen molar-refractivity contribution in [1.82, 2.24) is 9.80 Å². The fraction of sp³-hybridized carbons (Fsp3) is 0.739. The molecule has 1 atom stereocenters. The Labute approximate surface area is 170 Å². The molecule has 0 spiro atoms. The molecular weight excluding hydrogens is 350 g/mol. The summed E-state index contributed by atoms with van der Waals surface area (Å²) in [7, 11) is 1.74. The van der Waals surface area contributed by atoms with Gasteiger partial charge in [-0.2, -0.15) is 0 Å². The standard InChI is InChI=1S/C23H37N3O2/c1-28-23-6-2-4-21(16-23)24-14-9-20(10-15-24)26-11-3-5-22(17-26)25-12-7-19(18-27)8-13-25/h2,4,6,16,19-20,22,27H,3,5,7-15,17-18H2,1H3/t22-/m1/s1. The molecule has 28 heavy (non-hydrogen) atoms. The number of methoxy groups -OCH3 is 1. The van der Waals surface area contributed by atoms with Crippen LogP contribution in [0.15, 0.2) is 24.3 Å². The molecular formula is C23H37N3O2. The highest BCUT2D eigenvalue weighted by Gasteiger charge is 2.32. The second kappa shape index (κ2) is 9.47. The molecule has 0 aromatic heterocycles. The van der Waals surface area contributed by atoms with E-state index in [4.69, 9.17) is 4.74 Å². The molecule has 3 saturated heterocycles. The highest BCUT2D eigenvalue weighted by atomic mass is 16.5. The van der Waals surface area contributed by atoms with E-state index in [-0.39, 0.29) is 0 Å². The maximum atomic E-state index is 9.40. The lowest BCUT2D eigenvalue weighted by atomic mass is 9.93. The van der Waals surface area contributed by atoms with Crippen molar-refractivity contribution in [2.45, 2.75) is 50.6 Å². The maximum Gasteiger partial charge on any atom is 0.120 e. The van der Waals surface area contributed by atoms with Gasteiger partial charge in [-0.1, -0.05) is 6.07 Å².